The van der Waals surface area contributed by atoms with E-state index in [0.717, 1.165) is 13.2 Å². The van der Waals surface area contributed by atoms with E-state index in [1.165, 1.54) is 30.6 Å². The average molecular weight is 457 g/mol. The highest BCUT2D eigenvalue weighted by Gasteiger charge is 2.35. The van der Waals surface area contributed by atoms with Crippen LogP contribution in [0.1, 0.15) is 31.8 Å². The van der Waals surface area contributed by atoms with E-state index in [9.17, 15) is 22.8 Å². The van der Waals surface area contributed by atoms with Gasteiger partial charge in [-0.05, 0) is 49.5 Å². The van der Waals surface area contributed by atoms with Crippen LogP contribution in [-0.2, 0) is 6.18 Å². The fourth-order valence-corrected chi connectivity index (χ4v) is 2.88. The van der Waals surface area contributed by atoms with Crippen molar-refractivity contribution in [3.63, 3.8) is 0 Å². The number of rotatable bonds is 6. The Bertz CT molecular complexity index is 1210. The lowest BCUT2D eigenvalue weighted by molar-refractivity contribution is -0.138. The van der Waals surface area contributed by atoms with Crippen LogP contribution in [0.4, 0.5) is 30.5 Å². The first-order chi connectivity index (χ1) is 15.6. The number of nitrogens with zero attached hydrogens (tertiary/aromatic N) is 3. The molecule has 2 aromatic carbocycles. The number of hydrogen-bond donors (Lipinski definition) is 2. The lowest BCUT2D eigenvalue weighted by Gasteiger charge is -2.14. The highest BCUT2D eigenvalue weighted by molar-refractivity contribution is 6.08. The topological polar surface area (TPSA) is 106 Å². The van der Waals surface area contributed by atoms with E-state index in [4.69, 9.17) is 4.74 Å². The number of ether oxygens (including phenoxy) is 1. The second kappa shape index (κ2) is 9.47. The molecule has 0 aliphatic heterocycles. The summed E-state index contributed by atoms with van der Waals surface area (Å²) in [5.41, 5.74) is 0.107. The Morgan fingerprint density at radius 1 is 1.00 bits per heavy atom. The maximum absolute atomic E-state index is 13.2. The van der Waals surface area contributed by atoms with Crippen molar-refractivity contribution in [2.24, 2.45) is 4.99 Å². The van der Waals surface area contributed by atoms with E-state index in [-0.39, 0.29) is 22.8 Å². The number of aromatic nitrogens is 2. The highest BCUT2D eigenvalue weighted by atomic mass is 19.4. The number of halogens is 3. The second-order valence-electron chi connectivity index (χ2n) is 6.78. The Morgan fingerprint density at radius 3 is 2.27 bits per heavy atom. The highest BCUT2D eigenvalue weighted by Crippen LogP contribution is 2.36. The maximum atomic E-state index is 13.2. The van der Waals surface area contributed by atoms with E-state index in [0.29, 0.717) is 17.3 Å². The minimum atomic E-state index is -4.69. The molecule has 0 aliphatic rings. The molecule has 0 bridgehead atoms. The van der Waals surface area contributed by atoms with Crippen molar-refractivity contribution in [1.82, 2.24) is 9.97 Å². The lowest BCUT2D eigenvalue weighted by Crippen LogP contribution is -2.17. The van der Waals surface area contributed by atoms with Crippen molar-refractivity contribution in [3.8, 4) is 5.75 Å². The van der Waals surface area contributed by atoms with Crippen molar-refractivity contribution in [2.45, 2.75) is 13.1 Å². The Balaban J connectivity index is 1.81. The molecule has 11 heteroatoms. The van der Waals surface area contributed by atoms with Gasteiger partial charge in [0, 0.05) is 16.8 Å². The first-order valence-electron chi connectivity index (χ1n) is 9.39. The molecule has 0 aliphatic carbocycles. The third kappa shape index (κ3) is 5.50. The van der Waals surface area contributed by atoms with Gasteiger partial charge in [0.25, 0.3) is 11.8 Å². The van der Waals surface area contributed by atoms with Crippen LogP contribution in [0.5, 0.6) is 5.75 Å². The molecule has 2 amide bonds. The molecule has 33 heavy (non-hydrogen) atoms. The predicted molar refractivity (Wildman–Crippen MR) is 116 cm³/mol. The predicted octanol–water partition coefficient (Wildman–Crippen LogP) is 4.65. The van der Waals surface area contributed by atoms with E-state index >= 15 is 0 Å². The molecule has 0 saturated heterocycles. The number of alkyl halides is 3. The maximum Gasteiger partial charge on any atom is 0.419 e. The number of carbonyl (C=O) groups excluding carboxylic acids is 2. The molecule has 0 radical (unpaired) electrons. The molecule has 3 rings (SSSR count). The summed E-state index contributed by atoms with van der Waals surface area (Å²) in [6.45, 7) is 5.00. The summed E-state index contributed by atoms with van der Waals surface area (Å²) in [6.07, 6.45) is -1.98. The van der Waals surface area contributed by atoms with Gasteiger partial charge < -0.3 is 15.4 Å². The standard InChI is InChI=1S/C22H18F3N5O3/c1-12-4-6-14(9-16(12)20(32)30-15-10-27-21(26-2)28-11-15)29-19(31)13-5-7-18(33-3)17(8-13)22(23,24)25/h4-11H,2H2,1,3H3,(H,29,31)(H,30,32). The van der Waals surface area contributed by atoms with Gasteiger partial charge in [-0.1, -0.05) is 6.07 Å². The molecule has 0 unspecified atom stereocenters. The molecule has 0 spiro atoms. The first kappa shape index (κ1) is 23.4. The van der Waals surface area contributed by atoms with Crippen molar-refractivity contribution in [3.05, 3.63) is 71.0 Å². The fourth-order valence-electron chi connectivity index (χ4n) is 2.88. The normalized spacial score (nSPS) is 10.9. The number of aliphatic imine (C=N–C) groups is 1. The molecular weight excluding hydrogens is 439 g/mol. The number of amides is 2. The summed E-state index contributed by atoms with van der Waals surface area (Å²) in [4.78, 5) is 36.6. The second-order valence-corrected chi connectivity index (χ2v) is 6.78. The Hall–Kier alpha value is -4.28. The van der Waals surface area contributed by atoms with Crippen LogP contribution in [0.25, 0.3) is 0 Å². The zero-order valence-electron chi connectivity index (χ0n) is 17.5. The van der Waals surface area contributed by atoms with Gasteiger partial charge in [0.2, 0.25) is 5.95 Å². The van der Waals surface area contributed by atoms with Gasteiger partial charge in [-0.25, -0.2) is 15.0 Å². The Morgan fingerprint density at radius 2 is 1.67 bits per heavy atom. The SMILES string of the molecule is C=Nc1ncc(NC(=O)c2cc(NC(=O)c3ccc(OC)c(C(F)(F)F)c3)ccc2C)cn1. The number of carbonyl (C=O) groups is 2. The van der Waals surface area contributed by atoms with Crippen LogP contribution in [0.15, 0.2) is 53.8 Å². The number of nitrogens with one attached hydrogen (secondary N) is 2. The van der Waals surface area contributed by atoms with Gasteiger partial charge in [-0.2, -0.15) is 13.2 Å². The summed E-state index contributed by atoms with van der Waals surface area (Å²) < 4.78 is 44.4. The van der Waals surface area contributed by atoms with Gasteiger partial charge in [-0.3, -0.25) is 9.59 Å². The van der Waals surface area contributed by atoms with Gasteiger partial charge in [0.05, 0.1) is 30.8 Å². The Labute approximate surface area is 186 Å². The van der Waals surface area contributed by atoms with Crippen molar-refractivity contribution in [1.29, 1.82) is 0 Å². The van der Waals surface area contributed by atoms with Gasteiger partial charge in [0.15, 0.2) is 0 Å². The number of benzene rings is 2. The molecule has 0 atom stereocenters. The summed E-state index contributed by atoms with van der Waals surface area (Å²) in [6, 6.07) is 7.54. The minimum Gasteiger partial charge on any atom is -0.496 e. The van der Waals surface area contributed by atoms with Crippen LogP contribution >= 0.6 is 0 Å². The van der Waals surface area contributed by atoms with Crippen molar-refractivity contribution >= 4 is 35.9 Å². The Kier molecular flexibility index (Phi) is 6.71. The van der Waals surface area contributed by atoms with Crippen LogP contribution in [-0.4, -0.2) is 35.6 Å². The van der Waals surface area contributed by atoms with E-state index in [1.807, 2.05) is 0 Å². The van der Waals surface area contributed by atoms with Crippen LogP contribution in [0, 0.1) is 6.92 Å². The molecule has 0 saturated carbocycles. The molecule has 1 aromatic heterocycles. The summed E-state index contributed by atoms with van der Waals surface area (Å²) in [7, 11) is 1.11. The molecule has 0 fully saturated rings. The molecule has 2 N–H and O–H groups in total. The van der Waals surface area contributed by atoms with Gasteiger partial charge in [-0.15, -0.1) is 0 Å². The summed E-state index contributed by atoms with van der Waals surface area (Å²) in [5, 5.41) is 5.13. The van der Waals surface area contributed by atoms with E-state index < -0.39 is 29.3 Å². The minimum absolute atomic E-state index is 0.154. The number of aryl methyl sites for hydroxylation is 1. The third-order valence-corrected chi connectivity index (χ3v) is 4.54. The zero-order valence-corrected chi connectivity index (χ0v) is 17.5. The number of anilines is 2. The summed E-state index contributed by atoms with van der Waals surface area (Å²) in [5.74, 6) is -1.51. The average Bonchev–Trinajstić information content (AvgIpc) is 2.79. The molecule has 1 heterocycles. The zero-order chi connectivity index (χ0) is 24.2. The molecule has 8 nitrogen and oxygen atoms in total. The van der Waals surface area contributed by atoms with Crippen LogP contribution in [0.2, 0.25) is 0 Å². The van der Waals surface area contributed by atoms with Crippen LogP contribution < -0.4 is 15.4 Å². The largest absolute Gasteiger partial charge is 0.496 e. The molecular formula is C22H18F3N5O3. The monoisotopic (exact) mass is 457 g/mol. The fraction of sp³-hybridized carbons (Fsp3) is 0.136. The van der Waals surface area contributed by atoms with Crippen molar-refractivity contribution in [2.75, 3.05) is 17.7 Å². The van der Waals surface area contributed by atoms with E-state index in [1.54, 1.807) is 13.0 Å². The van der Waals surface area contributed by atoms with Crippen molar-refractivity contribution < 1.29 is 27.5 Å². The number of hydrogen-bond acceptors (Lipinski definition) is 6. The number of methoxy groups -OCH3 is 1. The summed E-state index contributed by atoms with van der Waals surface area (Å²) >= 11 is 0. The van der Waals surface area contributed by atoms with Gasteiger partial charge in [0.1, 0.15) is 5.75 Å². The molecule has 3 aromatic rings. The van der Waals surface area contributed by atoms with Crippen LogP contribution in [0.3, 0.4) is 0 Å². The third-order valence-electron chi connectivity index (χ3n) is 4.54. The molecule has 170 valence electrons. The lowest BCUT2D eigenvalue weighted by atomic mass is 10.1. The van der Waals surface area contributed by atoms with Gasteiger partial charge >= 0.3 is 6.18 Å². The first-order valence-corrected chi connectivity index (χ1v) is 9.39. The quantitative estimate of drug-likeness (QED) is 0.524. The smallest absolute Gasteiger partial charge is 0.419 e. The van der Waals surface area contributed by atoms with E-state index in [2.05, 4.69) is 32.3 Å².